The number of hydrogen-bond donors (Lipinski definition) is 2. The third-order valence-electron chi connectivity index (χ3n) is 5.68. The van der Waals surface area contributed by atoms with Gasteiger partial charge in [-0.05, 0) is 62.3 Å². The molecule has 1 aliphatic heterocycles. The third kappa shape index (κ3) is 7.55. The van der Waals surface area contributed by atoms with Crippen molar-refractivity contribution < 1.29 is 4.74 Å². The average molecular weight is 535 g/mol. The number of halogens is 1. The second kappa shape index (κ2) is 12.1. The fraction of sp³-hybridized carbons (Fsp3) is 0.500. The Bertz CT molecular complexity index is 820. The first kappa shape index (κ1) is 23.6. The second-order valence-electron chi connectivity index (χ2n) is 8.19. The van der Waals surface area contributed by atoms with Crippen LogP contribution in [0.15, 0.2) is 53.7 Å². The summed E-state index contributed by atoms with van der Waals surface area (Å²) in [5.41, 5.74) is 2.43. The van der Waals surface area contributed by atoms with Gasteiger partial charge in [-0.25, -0.2) is 9.98 Å². The van der Waals surface area contributed by atoms with E-state index in [9.17, 15) is 0 Å². The van der Waals surface area contributed by atoms with Crippen molar-refractivity contribution in [2.24, 2.45) is 10.9 Å². The molecule has 2 aliphatic rings. The molecule has 0 unspecified atom stereocenters. The average Bonchev–Trinajstić information content (AvgIpc) is 3.62. The molecule has 0 spiro atoms. The molecule has 2 aromatic rings. The molecule has 168 valence electrons. The van der Waals surface area contributed by atoms with Gasteiger partial charge in [-0.1, -0.05) is 18.2 Å². The first-order valence-corrected chi connectivity index (χ1v) is 11.2. The number of benzene rings is 1. The normalized spacial score (nSPS) is 17.1. The van der Waals surface area contributed by atoms with Crippen LogP contribution in [-0.2, 0) is 6.54 Å². The van der Waals surface area contributed by atoms with Gasteiger partial charge >= 0.3 is 0 Å². The van der Waals surface area contributed by atoms with Crippen molar-refractivity contribution in [3.05, 3.63) is 54.2 Å². The topological polar surface area (TPSA) is 61.8 Å². The van der Waals surface area contributed by atoms with E-state index < -0.39 is 0 Å². The Morgan fingerprint density at radius 2 is 1.90 bits per heavy atom. The van der Waals surface area contributed by atoms with Gasteiger partial charge in [-0.15, -0.1) is 24.0 Å². The van der Waals surface area contributed by atoms with E-state index in [-0.39, 0.29) is 24.0 Å². The van der Waals surface area contributed by atoms with Gasteiger partial charge in [0.1, 0.15) is 0 Å². The molecule has 0 radical (unpaired) electrons. The summed E-state index contributed by atoms with van der Waals surface area (Å²) in [4.78, 5) is 11.6. The summed E-state index contributed by atoms with van der Waals surface area (Å²) >= 11 is 0. The lowest BCUT2D eigenvalue weighted by Gasteiger charge is -2.34. The van der Waals surface area contributed by atoms with Crippen LogP contribution in [0.2, 0.25) is 0 Å². The van der Waals surface area contributed by atoms with E-state index in [4.69, 9.17) is 9.73 Å². The summed E-state index contributed by atoms with van der Waals surface area (Å²) in [5.74, 6) is 2.32. The zero-order valence-corrected chi connectivity index (χ0v) is 20.6. The van der Waals surface area contributed by atoms with Crippen molar-refractivity contribution in [1.82, 2.24) is 15.6 Å². The van der Waals surface area contributed by atoms with Crippen LogP contribution in [0.5, 0.6) is 5.88 Å². The van der Waals surface area contributed by atoms with Crippen LogP contribution in [0.25, 0.3) is 0 Å². The number of ether oxygens (including phenoxy) is 1. The minimum Gasteiger partial charge on any atom is -0.477 e. The maximum Gasteiger partial charge on any atom is 0.213 e. The molecule has 2 heterocycles. The van der Waals surface area contributed by atoms with Crippen LogP contribution in [0.4, 0.5) is 5.69 Å². The van der Waals surface area contributed by atoms with E-state index in [2.05, 4.69) is 57.8 Å². The molecule has 1 aliphatic carbocycles. The summed E-state index contributed by atoms with van der Waals surface area (Å²) in [6.45, 7) is 6.47. The maximum absolute atomic E-state index is 5.80. The highest BCUT2D eigenvalue weighted by molar-refractivity contribution is 14.0. The second-order valence-corrected chi connectivity index (χ2v) is 8.19. The van der Waals surface area contributed by atoms with Crippen molar-refractivity contribution in [3.8, 4) is 5.88 Å². The van der Waals surface area contributed by atoms with Crippen molar-refractivity contribution in [1.29, 1.82) is 0 Å². The molecule has 1 saturated carbocycles. The van der Waals surface area contributed by atoms with E-state index in [0.717, 1.165) is 56.5 Å². The number of para-hydroxylation sites is 1. The van der Waals surface area contributed by atoms with Crippen molar-refractivity contribution in [2.75, 3.05) is 31.1 Å². The molecule has 1 saturated heterocycles. The molecule has 0 bridgehead atoms. The van der Waals surface area contributed by atoms with E-state index in [1.807, 2.05) is 18.3 Å². The minimum absolute atomic E-state index is 0. The number of piperidine rings is 1. The van der Waals surface area contributed by atoms with Crippen molar-refractivity contribution >= 4 is 35.6 Å². The maximum atomic E-state index is 5.80. The Hall–Kier alpha value is -2.03. The van der Waals surface area contributed by atoms with Crippen LogP contribution in [0.3, 0.4) is 0 Å². The predicted octanol–water partition coefficient (Wildman–Crippen LogP) is 4.21. The Labute approximate surface area is 202 Å². The Morgan fingerprint density at radius 3 is 2.61 bits per heavy atom. The zero-order chi connectivity index (χ0) is 20.6. The monoisotopic (exact) mass is 535 g/mol. The number of nitrogens with one attached hydrogen (secondary N) is 2. The summed E-state index contributed by atoms with van der Waals surface area (Å²) in [6, 6.07) is 15.1. The highest BCUT2D eigenvalue weighted by atomic mass is 127. The quantitative estimate of drug-likeness (QED) is 0.301. The molecule has 4 rings (SSSR count). The molecule has 7 heteroatoms. The molecule has 6 nitrogen and oxygen atoms in total. The molecule has 1 aromatic carbocycles. The lowest BCUT2D eigenvalue weighted by Crippen LogP contribution is -2.48. The van der Waals surface area contributed by atoms with Gasteiger partial charge in [0.2, 0.25) is 5.88 Å². The van der Waals surface area contributed by atoms with Crippen LogP contribution in [0.1, 0.15) is 38.2 Å². The number of anilines is 1. The number of aliphatic imine (C=N–C) groups is 1. The fourth-order valence-corrected chi connectivity index (χ4v) is 3.72. The van der Waals surface area contributed by atoms with Gasteiger partial charge in [0.05, 0.1) is 13.2 Å². The smallest absolute Gasteiger partial charge is 0.213 e. The molecule has 0 amide bonds. The van der Waals surface area contributed by atoms with Gasteiger partial charge in [-0.3, -0.25) is 0 Å². The van der Waals surface area contributed by atoms with Crippen LogP contribution < -0.4 is 20.3 Å². The first-order valence-electron chi connectivity index (χ1n) is 11.2. The number of pyridine rings is 1. The largest absolute Gasteiger partial charge is 0.477 e. The molecule has 2 fully saturated rings. The highest BCUT2D eigenvalue weighted by Gasteiger charge is 2.22. The third-order valence-corrected chi connectivity index (χ3v) is 5.68. The van der Waals surface area contributed by atoms with Crippen molar-refractivity contribution in [3.63, 3.8) is 0 Å². The van der Waals surface area contributed by atoms with Crippen LogP contribution in [-0.4, -0.2) is 43.2 Å². The van der Waals surface area contributed by atoms with Gasteiger partial charge in [0.15, 0.2) is 5.96 Å². The number of aromatic nitrogens is 1. The summed E-state index contributed by atoms with van der Waals surface area (Å²) < 4.78 is 5.80. The zero-order valence-electron chi connectivity index (χ0n) is 18.3. The standard InChI is InChI=1S/C24H33N5O.HI/c1-2-25-24(27-17-20-10-13-26-23(16-20)30-18-19-8-9-19)28-21-11-14-29(15-12-21)22-6-4-3-5-7-22;/h3-7,10,13,16,19,21H,2,8-9,11-12,14-15,17-18H2,1H3,(H2,25,27,28);1H. The minimum atomic E-state index is 0. The Balaban J connectivity index is 0.00000272. The van der Waals surface area contributed by atoms with Gasteiger partial charge in [0, 0.05) is 43.6 Å². The van der Waals surface area contributed by atoms with Gasteiger partial charge in [-0.2, -0.15) is 0 Å². The Kier molecular flexibility index (Phi) is 9.24. The van der Waals surface area contributed by atoms with E-state index in [1.54, 1.807) is 0 Å². The SMILES string of the molecule is CCNC(=NCc1ccnc(OCC2CC2)c1)NC1CCN(c2ccccc2)CC1.I. The first-order chi connectivity index (χ1) is 14.8. The summed E-state index contributed by atoms with van der Waals surface area (Å²) in [6.07, 6.45) is 6.59. The molecule has 2 N–H and O–H groups in total. The summed E-state index contributed by atoms with van der Waals surface area (Å²) in [7, 11) is 0. The fourth-order valence-electron chi connectivity index (χ4n) is 3.72. The number of guanidine groups is 1. The van der Waals surface area contributed by atoms with Gasteiger partial charge in [0.25, 0.3) is 0 Å². The lowest BCUT2D eigenvalue weighted by molar-refractivity contribution is 0.288. The molecule has 31 heavy (non-hydrogen) atoms. The number of rotatable bonds is 8. The highest BCUT2D eigenvalue weighted by Crippen LogP contribution is 2.29. The van der Waals surface area contributed by atoms with Crippen molar-refractivity contribution in [2.45, 2.75) is 45.2 Å². The Morgan fingerprint density at radius 1 is 1.13 bits per heavy atom. The van der Waals surface area contributed by atoms with E-state index in [0.29, 0.717) is 18.5 Å². The molecular formula is C24H34IN5O. The van der Waals surface area contributed by atoms with Gasteiger partial charge < -0.3 is 20.3 Å². The van der Waals surface area contributed by atoms with E-state index in [1.165, 1.54) is 18.5 Å². The number of hydrogen-bond acceptors (Lipinski definition) is 4. The number of nitrogens with zero attached hydrogens (tertiary/aromatic N) is 3. The summed E-state index contributed by atoms with van der Waals surface area (Å²) in [5, 5.41) is 7.01. The molecule has 1 aromatic heterocycles. The predicted molar refractivity (Wildman–Crippen MR) is 137 cm³/mol. The molecule has 0 atom stereocenters. The van der Waals surface area contributed by atoms with Crippen LogP contribution >= 0.6 is 24.0 Å². The van der Waals surface area contributed by atoms with E-state index >= 15 is 0 Å². The molecular weight excluding hydrogens is 501 g/mol. The van der Waals surface area contributed by atoms with Crippen LogP contribution in [0, 0.1) is 5.92 Å². The lowest BCUT2D eigenvalue weighted by atomic mass is 10.0.